The molecule has 0 aromatic heterocycles. The zero-order valence-electron chi connectivity index (χ0n) is 18.1. The number of methoxy groups -OCH3 is 1. The maximum absolute atomic E-state index is 12.9. The monoisotopic (exact) mass is 435 g/mol. The van der Waals surface area contributed by atoms with Gasteiger partial charge in [0.15, 0.2) is 0 Å². The van der Waals surface area contributed by atoms with Crippen molar-refractivity contribution in [3.05, 3.63) is 0 Å². The van der Waals surface area contributed by atoms with Crippen LogP contribution in [0.25, 0.3) is 0 Å². The van der Waals surface area contributed by atoms with E-state index in [4.69, 9.17) is 17.0 Å². The predicted molar refractivity (Wildman–Crippen MR) is 123 cm³/mol. The van der Waals surface area contributed by atoms with Crippen molar-refractivity contribution in [2.75, 3.05) is 12.9 Å². The molecular formula is C20H37NO3S3. The minimum atomic E-state index is -0.362. The van der Waals surface area contributed by atoms with Crippen LogP contribution in [0.2, 0.25) is 0 Å². The minimum absolute atomic E-state index is 0.0211. The molecule has 4 nitrogen and oxygen atoms in total. The molecule has 0 radical (unpaired) electrons. The van der Waals surface area contributed by atoms with Crippen LogP contribution >= 0.6 is 35.7 Å². The number of ether oxygens (including phenoxy) is 1. The molecule has 27 heavy (non-hydrogen) atoms. The summed E-state index contributed by atoms with van der Waals surface area (Å²) in [5, 5.41) is 3.04. The van der Waals surface area contributed by atoms with Gasteiger partial charge < -0.3 is 10.1 Å². The largest absolute Gasteiger partial charge is 0.469 e. The van der Waals surface area contributed by atoms with E-state index in [1.807, 2.05) is 27.7 Å². The Labute approximate surface area is 179 Å². The Morgan fingerprint density at radius 3 is 2.26 bits per heavy atom. The molecule has 0 aromatic rings. The molecule has 0 aromatic carbocycles. The lowest BCUT2D eigenvalue weighted by atomic mass is 9.80. The summed E-state index contributed by atoms with van der Waals surface area (Å²) in [6, 6.07) is 0.0695. The summed E-state index contributed by atoms with van der Waals surface area (Å²) in [6.45, 7) is 14.1. The Morgan fingerprint density at radius 2 is 1.78 bits per heavy atom. The number of carbonyl (C=O) groups excluding carboxylic acids is 2. The van der Waals surface area contributed by atoms with Crippen molar-refractivity contribution in [1.29, 1.82) is 0 Å². The molecule has 1 amide bonds. The molecule has 0 saturated carbocycles. The van der Waals surface area contributed by atoms with E-state index in [0.717, 1.165) is 22.1 Å². The Kier molecular flexibility index (Phi) is 12.9. The fourth-order valence-corrected chi connectivity index (χ4v) is 6.10. The highest BCUT2D eigenvalue weighted by Crippen LogP contribution is 2.41. The lowest BCUT2D eigenvalue weighted by Gasteiger charge is -2.35. The molecule has 0 bridgehead atoms. The zero-order chi connectivity index (χ0) is 21.2. The topological polar surface area (TPSA) is 55.4 Å². The molecule has 0 rings (SSSR count). The van der Waals surface area contributed by atoms with Crippen LogP contribution < -0.4 is 5.32 Å². The second kappa shape index (κ2) is 13.0. The molecule has 0 aliphatic rings. The van der Waals surface area contributed by atoms with E-state index in [2.05, 4.69) is 26.1 Å². The van der Waals surface area contributed by atoms with Gasteiger partial charge >= 0.3 is 5.97 Å². The van der Waals surface area contributed by atoms with Gasteiger partial charge in [-0.25, -0.2) is 0 Å². The van der Waals surface area contributed by atoms with Gasteiger partial charge in [0.1, 0.15) is 3.53 Å². The molecule has 0 aliphatic heterocycles. The highest BCUT2D eigenvalue weighted by atomic mass is 32.2. The molecule has 7 heteroatoms. The average molecular weight is 436 g/mol. The van der Waals surface area contributed by atoms with E-state index in [9.17, 15) is 9.59 Å². The number of hydrogen-bond donors (Lipinski definition) is 1. The Bertz CT molecular complexity index is 495. The lowest BCUT2D eigenvalue weighted by molar-refractivity contribution is -0.147. The fourth-order valence-electron chi connectivity index (χ4n) is 2.70. The molecule has 0 aliphatic carbocycles. The third-order valence-electron chi connectivity index (χ3n) is 4.68. The first-order valence-electron chi connectivity index (χ1n) is 9.70. The number of thioether (sulfide) groups is 2. The van der Waals surface area contributed by atoms with Gasteiger partial charge in [0, 0.05) is 10.8 Å². The van der Waals surface area contributed by atoms with Crippen molar-refractivity contribution in [1.82, 2.24) is 5.32 Å². The summed E-state index contributed by atoms with van der Waals surface area (Å²) in [5.74, 6) is 0.320. The summed E-state index contributed by atoms with van der Waals surface area (Å²) < 4.78 is 5.39. The van der Waals surface area contributed by atoms with Gasteiger partial charge in [0.25, 0.3) is 0 Å². The third kappa shape index (κ3) is 10.2. The third-order valence-corrected chi connectivity index (χ3v) is 7.60. The van der Waals surface area contributed by atoms with Gasteiger partial charge in [-0.3, -0.25) is 9.59 Å². The number of amides is 1. The molecule has 0 spiro atoms. The second-order valence-corrected chi connectivity index (χ2v) is 11.9. The number of hydrogen-bond acceptors (Lipinski definition) is 6. The van der Waals surface area contributed by atoms with Crippen molar-refractivity contribution < 1.29 is 14.3 Å². The number of carbonyl (C=O) groups is 2. The SMILES string of the molecule is CCCCSC(=S)SC(C)(C)C(CC(C)C(C)C(=O)OC)C(=O)NC(C)C. The van der Waals surface area contributed by atoms with Crippen LogP contribution in [0.5, 0.6) is 0 Å². The van der Waals surface area contributed by atoms with Gasteiger partial charge in [-0.15, -0.1) is 23.5 Å². The molecule has 0 heterocycles. The molecule has 158 valence electrons. The zero-order valence-corrected chi connectivity index (χ0v) is 20.5. The molecule has 3 unspecified atom stereocenters. The van der Waals surface area contributed by atoms with Crippen LogP contribution in [0.3, 0.4) is 0 Å². The summed E-state index contributed by atoms with van der Waals surface area (Å²) in [7, 11) is 1.40. The van der Waals surface area contributed by atoms with Gasteiger partial charge in [-0.2, -0.15) is 0 Å². The first-order chi connectivity index (χ1) is 12.5. The van der Waals surface area contributed by atoms with Gasteiger partial charge in [-0.1, -0.05) is 39.4 Å². The van der Waals surface area contributed by atoms with E-state index in [-0.39, 0.29) is 40.4 Å². The van der Waals surface area contributed by atoms with Crippen molar-refractivity contribution in [3.8, 4) is 0 Å². The van der Waals surface area contributed by atoms with Crippen molar-refractivity contribution in [3.63, 3.8) is 0 Å². The number of thiocarbonyl (C=S) groups is 1. The van der Waals surface area contributed by atoms with Crippen LogP contribution in [0.15, 0.2) is 0 Å². The van der Waals surface area contributed by atoms with Crippen LogP contribution in [0.1, 0.15) is 67.7 Å². The summed E-state index contributed by atoms with van der Waals surface area (Å²) in [4.78, 5) is 24.9. The number of nitrogens with one attached hydrogen (secondary N) is 1. The Hall–Kier alpha value is -0.270. The van der Waals surface area contributed by atoms with Gasteiger partial charge in [0.05, 0.1) is 18.9 Å². The second-order valence-electron chi connectivity index (χ2n) is 7.90. The maximum Gasteiger partial charge on any atom is 0.308 e. The van der Waals surface area contributed by atoms with E-state index in [1.54, 1.807) is 23.5 Å². The summed E-state index contributed by atoms with van der Waals surface area (Å²) in [6.07, 6.45) is 2.89. The van der Waals surface area contributed by atoms with E-state index < -0.39 is 0 Å². The van der Waals surface area contributed by atoms with Crippen molar-refractivity contribution >= 4 is 51.1 Å². The van der Waals surface area contributed by atoms with Gasteiger partial charge in [-0.05, 0) is 52.2 Å². The minimum Gasteiger partial charge on any atom is -0.469 e. The van der Waals surface area contributed by atoms with Crippen molar-refractivity contribution in [2.24, 2.45) is 17.8 Å². The molecule has 0 fully saturated rings. The molecule has 0 saturated heterocycles. The van der Waals surface area contributed by atoms with E-state index in [1.165, 1.54) is 7.11 Å². The molecule has 3 atom stereocenters. The van der Waals surface area contributed by atoms with Crippen LogP contribution in [0, 0.1) is 17.8 Å². The van der Waals surface area contributed by atoms with Crippen LogP contribution in [0.4, 0.5) is 0 Å². The Balaban J connectivity index is 5.29. The van der Waals surface area contributed by atoms with E-state index in [0.29, 0.717) is 6.42 Å². The number of unbranched alkanes of at least 4 members (excludes halogenated alkanes) is 1. The summed E-state index contributed by atoms with van der Waals surface area (Å²) >= 11 is 8.85. The smallest absolute Gasteiger partial charge is 0.308 e. The fraction of sp³-hybridized carbons (Fsp3) is 0.850. The van der Waals surface area contributed by atoms with Crippen LogP contribution in [-0.4, -0.2) is 39.1 Å². The maximum atomic E-state index is 12.9. The van der Waals surface area contributed by atoms with Crippen LogP contribution in [-0.2, 0) is 14.3 Å². The van der Waals surface area contributed by atoms with Gasteiger partial charge in [0.2, 0.25) is 5.91 Å². The highest BCUT2D eigenvalue weighted by molar-refractivity contribution is 8.47. The quantitative estimate of drug-likeness (QED) is 0.270. The number of rotatable bonds is 11. The first-order valence-corrected chi connectivity index (χ1v) is 11.9. The standard InChI is InChI=1S/C20H37NO3S3/c1-9-10-11-26-19(25)27-20(6,7)16(17(22)21-13(2)3)12-14(4)15(5)18(23)24-8/h13-16H,9-12H2,1-8H3,(H,21,22). The molecule has 1 N–H and O–H groups in total. The average Bonchev–Trinajstić information content (AvgIpc) is 2.56. The predicted octanol–water partition coefficient (Wildman–Crippen LogP) is 5.29. The molecular weight excluding hydrogens is 398 g/mol. The number of esters is 1. The Morgan fingerprint density at radius 1 is 1.19 bits per heavy atom. The highest BCUT2D eigenvalue weighted by Gasteiger charge is 2.39. The van der Waals surface area contributed by atoms with E-state index >= 15 is 0 Å². The lowest BCUT2D eigenvalue weighted by Crippen LogP contribution is -2.45. The first kappa shape index (κ1) is 26.7. The van der Waals surface area contributed by atoms with Crippen molar-refractivity contribution in [2.45, 2.75) is 78.5 Å². The summed E-state index contributed by atoms with van der Waals surface area (Å²) in [5.41, 5.74) is 0. The normalized spacial score (nSPS) is 15.1.